The zero-order chi connectivity index (χ0) is 21.6. The predicted octanol–water partition coefficient (Wildman–Crippen LogP) is 3.36. The van der Waals surface area contributed by atoms with E-state index < -0.39 is 10.0 Å². The highest BCUT2D eigenvalue weighted by Gasteiger charge is 2.28. The summed E-state index contributed by atoms with van der Waals surface area (Å²) in [4.78, 5) is 18.1. The third-order valence-electron chi connectivity index (χ3n) is 5.32. The fraction of sp³-hybridized carbons (Fsp3) is 0.381. The van der Waals surface area contributed by atoms with E-state index >= 15 is 0 Å². The van der Waals surface area contributed by atoms with Crippen LogP contribution in [0.2, 0.25) is 0 Å². The summed E-state index contributed by atoms with van der Waals surface area (Å²) in [6.07, 6.45) is 3.80. The van der Waals surface area contributed by atoms with Crippen molar-refractivity contribution in [2.24, 2.45) is 0 Å². The number of nitrogens with zero attached hydrogens (tertiary/aromatic N) is 3. The summed E-state index contributed by atoms with van der Waals surface area (Å²) in [7, 11) is -2.27. The molecule has 0 bridgehead atoms. The molecule has 0 spiro atoms. The van der Waals surface area contributed by atoms with Gasteiger partial charge in [-0.25, -0.2) is 22.8 Å². The van der Waals surface area contributed by atoms with Crippen LogP contribution in [-0.4, -0.2) is 36.1 Å². The molecule has 8 nitrogen and oxygen atoms in total. The highest BCUT2D eigenvalue weighted by atomic mass is 32.2. The van der Waals surface area contributed by atoms with Crippen molar-refractivity contribution < 1.29 is 13.2 Å². The Kier molecular flexibility index (Phi) is 5.11. The standard InChI is InChI=1S/C21H25N5O3S/c1-12(2)26-20-17(11-23-26)16(10-18(25-20)14-6-7-14)21(27)24-15-8-5-13(3)19(9-15)30(28,29)22-4/h5,8-12,14,22H,6-7H2,1-4H3,(H,24,27). The van der Waals surface area contributed by atoms with Crippen molar-refractivity contribution in [1.29, 1.82) is 0 Å². The number of carbonyl (C=O) groups excluding carboxylic acids is 1. The van der Waals surface area contributed by atoms with E-state index in [-0.39, 0.29) is 16.8 Å². The largest absolute Gasteiger partial charge is 0.322 e. The maximum Gasteiger partial charge on any atom is 0.256 e. The van der Waals surface area contributed by atoms with Crippen molar-refractivity contribution >= 4 is 32.7 Å². The summed E-state index contributed by atoms with van der Waals surface area (Å²) in [5.74, 6) is 0.0625. The van der Waals surface area contributed by atoms with Gasteiger partial charge in [0.05, 0.1) is 22.0 Å². The normalized spacial score (nSPS) is 14.4. The van der Waals surface area contributed by atoms with Crippen LogP contribution in [-0.2, 0) is 10.0 Å². The molecule has 2 heterocycles. The molecule has 1 aromatic carbocycles. The number of aromatic nitrogens is 3. The number of sulfonamides is 1. The second kappa shape index (κ2) is 7.48. The molecule has 2 N–H and O–H groups in total. The molecule has 1 fully saturated rings. The van der Waals surface area contributed by atoms with Gasteiger partial charge in [0.2, 0.25) is 10.0 Å². The molecule has 1 amide bonds. The summed E-state index contributed by atoms with van der Waals surface area (Å²) < 4.78 is 28.6. The Morgan fingerprint density at radius 2 is 1.97 bits per heavy atom. The van der Waals surface area contributed by atoms with Crippen LogP contribution >= 0.6 is 0 Å². The van der Waals surface area contributed by atoms with Gasteiger partial charge >= 0.3 is 0 Å². The molecular weight excluding hydrogens is 402 g/mol. The number of nitrogens with one attached hydrogen (secondary N) is 2. The first kappa shape index (κ1) is 20.5. The molecular formula is C21H25N5O3S. The number of pyridine rings is 1. The van der Waals surface area contributed by atoms with Crippen LogP contribution in [0, 0.1) is 6.92 Å². The van der Waals surface area contributed by atoms with Crippen LogP contribution < -0.4 is 10.0 Å². The van der Waals surface area contributed by atoms with Crippen LogP contribution in [0.4, 0.5) is 5.69 Å². The molecule has 1 aliphatic carbocycles. The first-order valence-corrected chi connectivity index (χ1v) is 11.4. The van der Waals surface area contributed by atoms with E-state index in [1.807, 2.05) is 24.6 Å². The van der Waals surface area contributed by atoms with Gasteiger partial charge in [0, 0.05) is 23.3 Å². The molecule has 9 heteroatoms. The second-order valence-corrected chi connectivity index (χ2v) is 9.79. The topological polar surface area (TPSA) is 106 Å². The van der Waals surface area contributed by atoms with Crippen molar-refractivity contribution in [2.75, 3.05) is 12.4 Å². The quantitative estimate of drug-likeness (QED) is 0.627. The lowest BCUT2D eigenvalue weighted by molar-refractivity contribution is 0.102. The lowest BCUT2D eigenvalue weighted by Crippen LogP contribution is -2.20. The maximum atomic E-state index is 13.2. The molecule has 0 unspecified atom stereocenters. The highest BCUT2D eigenvalue weighted by molar-refractivity contribution is 7.89. The van der Waals surface area contributed by atoms with Crippen molar-refractivity contribution in [3.8, 4) is 0 Å². The first-order chi connectivity index (χ1) is 14.2. The van der Waals surface area contributed by atoms with E-state index in [0.717, 1.165) is 18.5 Å². The van der Waals surface area contributed by atoms with Crippen molar-refractivity contribution in [3.63, 3.8) is 0 Å². The lowest BCUT2D eigenvalue weighted by Gasteiger charge is -2.12. The summed E-state index contributed by atoms with van der Waals surface area (Å²) in [6, 6.07) is 6.79. The average molecular weight is 428 g/mol. The number of rotatable bonds is 6. The average Bonchev–Trinajstić information content (AvgIpc) is 3.47. The van der Waals surface area contributed by atoms with E-state index in [1.54, 1.807) is 25.3 Å². The predicted molar refractivity (Wildman–Crippen MR) is 115 cm³/mol. The Morgan fingerprint density at radius 3 is 2.60 bits per heavy atom. The van der Waals surface area contributed by atoms with Gasteiger partial charge in [0.25, 0.3) is 5.91 Å². The SMILES string of the molecule is CNS(=O)(=O)c1cc(NC(=O)c2cc(C3CC3)nc3c2cnn3C(C)C)ccc1C. The minimum Gasteiger partial charge on any atom is -0.322 e. The molecule has 3 aromatic rings. The Morgan fingerprint density at radius 1 is 1.23 bits per heavy atom. The van der Waals surface area contributed by atoms with Gasteiger partial charge in [-0.3, -0.25) is 4.79 Å². The van der Waals surface area contributed by atoms with Gasteiger partial charge in [-0.15, -0.1) is 0 Å². The number of fused-ring (bicyclic) bond motifs is 1. The van der Waals surface area contributed by atoms with Crippen LogP contribution in [0.5, 0.6) is 0 Å². The molecule has 0 saturated heterocycles. The van der Waals surface area contributed by atoms with Crippen LogP contribution in [0.15, 0.2) is 35.4 Å². The highest BCUT2D eigenvalue weighted by Crippen LogP contribution is 2.40. The minimum atomic E-state index is -3.63. The Bertz CT molecular complexity index is 1240. The number of carbonyl (C=O) groups is 1. The Hall–Kier alpha value is -2.78. The Labute approximate surface area is 175 Å². The van der Waals surface area contributed by atoms with Gasteiger partial charge in [-0.1, -0.05) is 6.07 Å². The summed E-state index contributed by atoms with van der Waals surface area (Å²) in [5.41, 5.74) is 3.10. The third kappa shape index (κ3) is 3.70. The number of hydrogen-bond acceptors (Lipinski definition) is 5. The van der Waals surface area contributed by atoms with Crippen LogP contribution in [0.1, 0.15) is 60.3 Å². The van der Waals surface area contributed by atoms with Gasteiger partial charge in [-0.05, 0) is 64.4 Å². The van der Waals surface area contributed by atoms with Crippen molar-refractivity contribution in [3.05, 3.63) is 47.3 Å². The zero-order valence-corrected chi connectivity index (χ0v) is 18.2. The van der Waals surface area contributed by atoms with Crippen LogP contribution in [0.3, 0.4) is 0 Å². The number of amides is 1. The van der Waals surface area contributed by atoms with E-state index in [9.17, 15) is 13.2 Å². The van der Waals surface area contributed by atoms with E-state index in [0.29, 0.717) is 33.8 Å². The van der Waals surface area contributed by atoms with Gasteiger partial charge in [0.1, 0.15) is 0 Å². The number of hydrogen-bond donors (Lipinski definition) is 2. The number of aryl methyl sites for hydroxylation is 1. The molecule has 1 saturated carbocycles. The summed E-state index contributed by atoms with van der Waals surface area (Å²) in [5, 5.41) is 7.95. The number of anilines is 1. The minimum absolute atomic E-state index is 0.117. The van der Waals surface area contributed by atoms with E-state index in [2.05, 4.69) is 15.1 Å². The maximum absolute atomic E-state index is 13.2. The molecule has 1 aliphatic rings. The molecule has 0 aliphatic heterocycles. The smallest absolute Gasteiger partial charge is 0.256 e. The van der Waals surface area contributed by atoms with Gasteiger partial charge in [-0.2, -0.15) is 5.10 Å². The van der Waals surface area contributed by atoms with Crippen LogP contribution in [0.25, 0.3) is 11.0 Å². The first-order valence-electron chi connectivity index (χ1n) is 9.95. The van der Waals surface area contributed by atoms with Crippen molar-refractivity contribution in [1.82, 2.24) is 19.5 Å². The summed E-state index contributed by atoms with van der Waals surface area (Å²) in [6.45, 7) is 5.76. The molecule has 4 rings (SSSR count). The van der Waals surface area contributed by atoms with Crippen molar-refractivity contribution in [2.45, 2.75) is 50.5 Å². The van der Waals surface area contributed by atoms with E-state index in [4.69, 9.17) is 4.98 Å². The molecule has 158 valence electrons. The molecule has 0 atom stereocenters. The zero-order valence-electron chi connectivity index (χ0n) is 17.4. The molecule has 2 aromatic heterocycles. The second-order valence-electron chi connectivity index (χ2n) is 7.93. The summed E-state index contributed by atoms with van der Waals surface area (Å²) >= 11 is 0. The lowest BCUT2D eigenvalue weighted by atomic mass is 10.1. The number of benzene rings is 1. The fourth-order valence-corrected chi connectivity index (χ4v) is 4.46. The van der Waals surface area contributed by atoms with Gasteiger partial charge in [0.15, 0.2) is 5.65 Å². The molecule has 30 heavy (non-hydrogen) atoms. The monoisotopic (exact) mass is 427 g/mol. The third-order valence-corrected chi connectivity index (χ3v) is 6.88. The fourth-order valence-electron chi connectivity index (χ4n) is 3.47. The Balaban J connectivity index is 1.75. The molecule has 0 radical (unpaired) electrons. The van der Waals surface area contributed by atoms with Gasteiger partial charge < -0.3 is 5.32 Å². The van der Waals surface area contributed by atoms with E-state index in [1.165, 1.54) is 13.1 Å².